The Labute approximate surface area is 221 Å². The third-order valence-corrected chi connectivity index (χ3v) is 10.1. The van der Waals surface area contributed by atoms with Crippen molar-refractivity contribution < 1.29 is 14.4 Å². The van der Waals surface area contributed by atoms with Crippen LogP contribution < -0.4 is 10.6 Å². The predicted molar refractivity (Wildman–Crippen MR) is 143 cm³/mol. The number of aryl methyl sites for hydroxylation is 1. The van der Waals surface area contributed by atoms with E-state index in [2.05, 4.69) is 16.7 Å². The molecule has 2 N–H and O–H groups in total. The second kappa shape index (κ2) is 10.5. The Kier molecular flexibility index (Phi) is 7.13. The summed E-state index contributed by atoms with van der Waals surface area (Å²) in [5.74, 6) is 2.39. The zero-order chi connectivity index (χ0) is 25.4. The van der Waals surface area contributed by atoms with Crippen LogP contribution in [0.4, 0.5) is 0 Å². The van der Waals surface area contributed by atoms with Gasteiger partial charge in [-0.2, -0.15) is 0 Å². The summed E-state index contributed by atoms with van der Waals surface area (Å²) in [6.07, 6.45) is 18.1. The number of imide groups is 1. The molecule has 0 spiro atoms. The summed E-state index contributed by atoms with van der Waals surface area (Å²) in [5.41, 5.74) is 3.54. The molecule has 0 aromatic heterocycles. The lowest BCUT2D eigenvalue weighted by atomic mass is 9.53. The summed E-state index contributed by atoms with van der Waals surface area (Å²) in [4.78, 5) is 38.5. The van der Waals surface area contributed by atoms with Crippen molar-refractivity contribution in [1.29, 1.82) is 0 Å². The fourth-order valence-electron chi connectivity index (χ4n) is 8.71. The van der Waals surface area contributed by atoms with Crippen molar-refractivity contribution in [2.24, 2.45) is 17.8 Å². The summed E-state index contributed by atoms with van der Waals surface area (Å²) < 4.78 is 0. The van der Waals surface area contributed by atoms with Crippen LogP contribution in [-0.4, -0.2) is 40.7 Å². The zero-order valence-electron chi connectivity index (χ0n) is 22.2. The van der Waals surface area contributed by atoms with E-state index in [1.165, 1.54) is 82.7 Å². The normalized spacial score (nSPS) is 32.2. The molecule has 1 aromatic rings. The summed E-state index contributed by atoms with van der Waals surface area (Å²) in [5, 5.41) is 6.43. The van der Waals surface area contributed by atoms with Crippen LogP contribution in [0.25, 0.3) is 0 Å². The average Bonchev–Trinajstić information content (AvgIpc) is 3.19. The molecule has 2 aliphatic heterocycles. The highest BCUT2D eigenvalue weighted by Crippen LogP contribution is 2.55. The van der Waals surface area contributed by atoms with E-state index in [9.17, 15) is 14.4 Å². The molecule has 1 unspecified atom stereocenters. The molecule has 6 aliphatic rings. The van der Waals surface area contributed by atoms with Gasteiger partial charge >= 0.3 is 0 Å². The van der Waals surface area contributed by atoms with Gasteiger partial charge in [0.1, 0.15) is 6.04 Å². The Bertz CT molecular complexity index is 1010. The van der Waals surface area contributed by atoms with Crippen molar-refractivity contribution in [2.75, 3.05) is 6.54 Å². The molecule has 5 fully saturated rings. The number of hydrogen-bond acceptors (Lipinski definition) is 4. The number of carbonyl (C=O) groups excluding carboxylic acids is 3. The van der Waals surface area contributed by atoms with E-state index in [1.54, 1.807) is 4.90 Å². The number of unbranched alkanes of at least 4 members (excludes halogenated alkanes) is 5. The van der Waals surface area contributed by atoms with Gasteiger partial charge in [-0.25, -0.2) is 0 Å². The maximum atomic E-state index is 13.0. The molecular formula is C31H43N3O3. The van der Waals surface area contributed by atoms with Crippen LogP contribution in [0.15, 0.2) is 18.2 Å². The number of amides is 3. The van der Waals surface area contributed by atoms with Crippen LogP contribution in [-0.2, 0) is 22.6 Å². The number of hydrogen-bond donors (Lipinski definition) is 2. The standard InChI is InChI=1S/C31H43N3O3/c35-28-12-11-27(29(36)33-28)34-20-26-24(9-7-10-25(26)30(34)37)8-5-3-1-2-4-6-13-32-31-17-21-14-22(18-31)16-23(15-21)19-31/h7,9-10,21-23,27,32H,1-6,8,11-20H2,(H,33,35,36). The number of rotatable bonds is 11. The van der Waals surface area contributed by atoms with Crippen molar-refractivity contribution in [3.63, 3.8) is 0 Å². The first kappa shape index (κ1) is 25.1. The monoisotopic (exact) mass is 505 g/mol. The van der Waals surface area contributed by atoms with Crippen LogP contribution in [0.1, 0.15) is 111 Å². The third-order valence-electron chi connectivity index (χ3n) is 10.1. The van der Waals surface area contributed by atoms with Gasteiger partial charge in [0.25, 0.3) is 5.91 Å². The first-order chi connectivity index (χ1) is 18.0. The molecule has 200 valence electrons. The van der Waals surface area contributed by atoms with Gasteiger partial charge in [0.2, 0.25) is 11.8 Å². The van der Waals surface area contributed by atoms with E-state index < -0.39 is 6.04 Å². The molecule has 6 nitrogen and oxygen atoms in total. The molecule has 4 saturated carbocycles. The molecule has 1 aromatic carbocycles. The van der Waals surface area contributed by atoms with Gasteiger partial charge < -0.3 is 10.2 Å². The number of fused-ring (bicyclic) bond motifs is 1. The molecule has 2 heterocycles. The highest BCUT2D eigenvalue weighted by atomic mass is 16.2. The molecule has 3 amide bonds. The number of carbonyl (C=O) groups is 3. The van der Waals surface area contributed by atoms with Crippen LogP contribution in [0.3, 0.4) is 0 Å². The summed E-state index contributed by atoms with van der Waals surface area (Å²) in [7, 11) is 0. The van der Waals surface area contributed by atoms with Gasteiger partial charge in [0, 0.05) is 24.1 Å². The SMILES string of the molecule is O=C1CCC(N2Cc3c(CCCCCCCCNC45CC6CC(CC(C6)C4)C5)cccc3C2=O)C(=O)N1. The molecular weight excluding hydrogens is 462 g/mol. The minimum absolute atomic E-state index is 0.0755. The molecule has 0 radical (unpaired) electrons. The average molecular weight is 506 g/mol. The molecule has 4 aliphatic carbocycles. The Hall–Kier alpha value is -2.21. The lowest BCUT2D eigenvalue weighted by Gasteiger charge is -2.57. The van der Waals surface area contributed by atoms with Crippen molar-refractivity contribution in [2.45, 2.75) is 114 Å². The number of nitrogens with zero attached hydrogens (tertiary/aromatic N) is 1. The third kappa shape index (κ3) is 5.23. The molecule has 1 atom stereocenters. The van der Waals surface area contributed by atoms with E-state index in [0.29, 0.717) is 24.9 Å². The van der Waals surface area contributed by atoms with Crippen molar-refractivity contribution in [3.05, 3.63) is 34.9 Å². The fourth-order valence-corrected chi connectivity index (χ4v) is 8.71. The number of benzene rings is 1. The maximum absolute atomic E-state index is 13.0. The minimum Gasteiger partial charge on any atom is -0.322 e. The maximum Gasteiger partial charge on any atom is 0.255 e. The van der Waals surface area contributed by atoms with Gasteiger partial charge in [0.15, 0.2) is 0 Å². The van der Waals surface area contributed by atoms with Crippen LogP contribution in [0, 0.1) is 17.8 Å². The Morgan fingerprint density at radius 1 is 0.892 bits per heavy atom. The highest BCUT2D eigenvalue weighted by Gasteiger charge is 2.50. The quantitative estimate of drug-likeness (QED) is 0.332. The zero-order valence-corrected chi connectivity index (χ0v) is 22.2. The van der Waals surface area contributed by atoms with E-state index in [0.717, 1.165) is 41.7 Å². The van der Waals surface area contributed by atoms with Gasteiger partial charge in [-0.05, 0) is 106 Å². The molecule has 4 bridgehead atoms. The van der Waals surface area contributed by atoms with Gasteiger partial charge in [-0.1, -0.05) is 37.8 Å². The van der Waals surface area contributed by atoms with Gasteiger partial charge in [0.05, 0.1) is 0 Å². The first-order valence-electron chi connectivity index (χ1n) is 15.0. The minimum atomic E-state index is -0.539. The first-order valence-corrected chi connectivity index (χ1v) is 15.0. The molecule has 1 saturated heterocycles. The smallest absolute Gasteiger partial charge is 0.255 e. The van der Waals surface area contributed by atoms with Gasteiger partial charge in [-0.15, -0.1) is 0 Å². The number of nitrogens with one attached hydrogen (secondary N) is 2. The van der Waals surface area contributed by atoms with Crippen molar-refractivity contribution >= 4 is 17.7 Å². The van der Waals surface area contributed by atoms with E-state index in [1.807, 2.05) is 12.1 Å². The van der Waals surface area contributed by atoms with Crippen LogP contribution >= 0.6 is 0 Å². The summed E-state index contributed by atoms with van der Waals surface area (Å²) in [6.45, 7) is 1.67. The molecule has 6 heteroatoms. The Balaban J connectivity index is 0.896. The second-order valence-corrected chi connectivity index (χ2v) is 12.8. The largest absolute Gasteiger partial charge is 0.322 e. The Morgan fingerprint density at radius 2 is 1.57 bits per heavy atom. The lowest BCUT2D eigenvalue weighted by molar-refractivity contribution is -0.136. The topological polar surface area (TPSA) is 78.5 Å². The Morgan fingerprint density at radius 3 is 2.27 bits per heavy atom. The summed E-state index contributed by atoms with van der Waals surface area (Å²) >= 11 is 0. The van der Waals surface area contributed by atoms with Gasteiger partial charge in [-0.3, -0.25) is 19.7 Å². The predicted octanol–water partition coefficient (Wildman–Crippen LogP) is 4.89. The van der Waals surface area contributed by atoms with Crippen molar-refractivity contribution in [1.82, 2.24) is 15.5 Å². The fraction of sp³-hybridized carbons (Fsp3) is 0.710. The van der Waals surface area contributed by atoms with E-state index >= 15 is 0 Å². The van der Waals surface area contributed by atoms with Crippen LogP contribution in [0.2, 0.25) is 0 Å². The van der Waals surface area contributed by atoms with Crippen molar-refractivity contribution in [3.8, 4) is 0 Å². The van der Waals surface area contributed by atoms with E-state index in [-0.39, 0.29) is 17.7 Å². The number of piperidine rings is 1. The lowest BCUT2D eigenvalue weighted by Crippen LogP contribution is -2.58. The molecule has 37 heavy (non-hydrogen) atoms. The van der Waals surface area contributed by atoms with E-state index in [4.69, 9.17) is 0 Å². The highest BCUT2D eigenvalue weighted by molar-refractivity contribution is 6.05. The summed E-state index contributed by atoms with van der Waals surface area (Å²) in [6, 6.07) is 5.44. The van der Waals surface area contributed by atoms with Crippen LogP contribution in [0.5, 0.6) is 0 Å². The second-order valence-electron chi connectivity index (χ2n) is 12.8. The molecule has 7 rings (SSSR count).